The summed E-state index contributed by atoms with van der Waals surface area (Å²) in [6.07, 6.45) is 3.83. The van der Waals surface area contributed by atoms with Crippen LogP contribution < -0.4 is 11.1 Å². The van der Waals surface area contributed by atoms with E-state index in [0.29, 0.717) is 18.5 Å². The van der Waals surface area contributed by atoms with Crippen LogP contribution in [0.25, 0.3) is 0 Å². The summed E-state index contributed by atoms with van der Waals surface area (Å²) >= 11 is 0. The molecule has 1 aromatic carbocycles. The van der Waals surface area contributed by atoms with Crippen LogP contribution in [0, 0.1) is 5.82 Å². The predicted octanol–water partition coefficient (Wildman–Crippen LogP) is 0.918. The summed E-state index contributed by atoms with van der Waals surface area (Å²) in [5, 5.41) is 6.71. The molecule has 1 heterocycles. The molecule has 6 heteroatoms. The number of carbonyl (C=O) groups is 1. The fraction of sp³-hybridized carbons (Fsp3) is 0.286. The maximum Gasteiger partial charge on any atom is 0.241 e. The Morgan fingerprint density at radius 1 is 1.55 bits per heavy atom. The van der Waals surface area contributed by atoms with Crippen molar-refractivity contribution in [3.63, 3.8) is 0 Å². The maximum absolute atomic E-state index is 13.0. The lowest BCUT2D eigenvalue weighted by atomic mass is 10.1. The van der Waals surface area contributed by atoms with Crippen molar-refractivity contribution in [1.82, 2.24) is 15.1 Å². The van der Waals surface area contributed by atoms with Gasteiger partial charge in [-0.05, 0) is 24.1 Å². The SMILES string of the molecule is Cn1cc(C(N)C(=O)NCCc2cccc(F)c2)cn1. The summed E-state index contributed by atoms with van der Waals surface area (Å²) in [6, 6.07) is 5.56. The molecule has 106 valence electrons. The molecule has 3 N–H and O–H groups in total. The van der Waals surface area contributed by atoms with Gasteiger partial charge in [0.2, 0.25) is 5.91 Å². The highest BCUT2D eigenvalue weighted by atomic mass is 19.1. The first-order valence-electron chi connectivity index (χ1n) is 6.32. The van der Waals surface area contributed by atoms with E-state index in [1.165, 1.54) is 12.1 Å². The van der Waals surface area contributed by atoms with E-state index in [2.05, 4.69) is 10.4 Å². The normalized spacial score (nSPS) is 12.2. The van der Waals surface area contributed by atoms with Gasteiger partial charge >= 0.3 is 0 Å². The molecule has 2 aromatic rings. The Bertz CT molecular complexity index is 596. The molecule has 0 bridgehead atoms. The Balaban J connectivity index is 1.83. The number of aryl methyl sites for hydroxylation is 1. The quantitative estimate of drug-likeness (QED) is 0.853. The van der Waals surface area contributed by atoms with Gasteiger partial charge in [-0.2, -0.15) is 5.10 Å². The molecule has 0 saturated carbocycles. The highest BCUT2D eigenvalue weighted by Crippen LogP contribution is 2.08. The van der Waals surface area contributed by atoms with Crippen LogP contribution >= 0.6 is 0 Å². The van der Waals surface area contributed by atoms with Crippen LogP contribution in [-0.4, -0.2) is 22.2 Å². The van der Waals surface area contributed by atoms with E-state index in [1.54, 1.807) is 30.2 Å². The molecular formula is C14H17FN4O. The van der Waals surface area contributed by atoms with Gasteiger partial charge in [-0.1, -0.05) is 12.1 Å². The molecule has 5 nitrogen and oxygen atoms in total. The van der Waals surface area contributed by atoms with Crippen LogP contribution in [0.2, 0.25) is 0 Å². The Labute approximate surface area is 116 Å². The minimum atomic E-state index is -0.740. The van der Waals surface area contributed by atoms with Crippen LogP contribution in [0.5, 0.6) is 0 Å². The first-order valence-corrected chi connectivity index (χ1v) is 6.32. The van der Waals surface area contributed by atoms with Crippen LogP contribution in [0.4, 0.5) is 4.39 Å². The topological polar surface area (TPSA) is 72.9 Å². The van der Waals surface area contributed by atoms with Crippen LogP contribution in [0.3, 0.4) is 0 Å². The van der Waals surface area contributed by atoms with Gasteiger partial charge < -0.3 is 11.1 Å². The zero-order chi connectivity index (χ0) is 14.5. The van der Waals surface area contributed by atoms with Crippen LogP contribution in [-0.2, 0) is 18.3 Å². The molecule has 1 unspecified atom stereocenters. The Kier molecular flexibility index (Phi) is 4.47. The number of nitrogens with zero attached hydrogens (tertiary/aromatic N) is 2. The maximum atomic E-state index is 13.0. The van der Waals surface area contributed by atoms with E-state index in [-0.39, 0.29) is 11.7 Å². The second kappa shape index (κ2) is 6.29. The minimum absolute atomic E-state index is 0.269. The molecule has 1 atom stereocenters. The van der Waals surface area contributed by atoms with Gasteiger partial charge in [-0.15, -0.1) is 0 Å². The van der Waals surface area contributed by atoms with E-state index >= 15 is 0 Å². The number of aromatic nitrogens is 2. The molecule has 1 aromatic heterocycles. The molecule has 0 fully saturated rings. The molecule has 1 amide bonds. The highest BCUT2D eigenvalue weighted by molar-refractivity contribution is 5.82. The van der Waals surface area contributed by atoms with Gasteiger partial charge in [0.1, 0.15) is 11.9 Å². The third-order valence-electron chi connectivity index (χ3n) is 2.97. The molecule has 20 heavy (non-hydrogen) atoms. The monoisotopic (exact) mass is 276 g/mol. The molecule has 2 rings (SSSR count). The number of rotatable bonds is 5. The number of nitrogens with one attached hydrogen (secondary N) is 1. The second-order valence-corrected chi connectivity index (χ2v) is 4.60. The standard InChI is InChI=1S/C14H17FN4O/c1-19-9-11(8-18-19)13(16)14(20)17-6-5-10-3-2-4-12(15)7-10/h2-4,7-9,13H,5-6,16H2,1H3,(H,17,20). The summed E-state index contributed by atoms with van der Waals surface area (Å²) in [6.45, 7) is 0.413. The molecule has 0 aliphatic heterocycles. The number of benzene rings is 1. The van der Waals surface area contributed by atoms with Crippen molar-refractivity contribution in [2.75, 3.05) is 6.54 Å². The second-order valence-electron chi connectivity index (χ2n) is 4.60. The average Bonchev–Trinajstić information content (AvgIpc) is 2.84. The Morgan fingerprint density at radius 2 is 2.35 bits per heavy atom. The van der Waals surface area contributed by atoms with Gasteiger partial charge in [0.05, 0.1) is 6.20 Å². The zero-order valence-electron chi connectivity index (χ0n) is 11.2. The highest BCUT2D eigenvalue weighted by Gasteiger charge is 2.16. The van der Waals surface area contributed by atoms with Crippen LogP contribution in [0.15, 0.2) is 36.7 Å². The number of nitrogens with two attached hydrogens (primary N) is 1. The minimum Gasteiger partial charge on any atom is -0.354 e. The number of carbonyl (C=O) groups excluding carboxylic acids is 1. The molecule has 0 spiro atoms. The van der Waals surface area contributed by atoms with Gasteiger partial charge in [0, 0.05) is 25.4 Å². The van der Waals surface area contributed by atoms with Crippen molar-refractivity contribution >= 4 is 5.91 Å². The van der Waals surface area contributed by atoms with E-state index in [0.717, 1.165) is 5.56 Å². The van der Waals surface area contributed by atoms with Crippen molar-refractivity contribution in [2.45, 2.75) is 12.5 Å². The third kappa shape index (κ3) is 3.64. The zero-order valence-corrected chi connectivity index (χ0v) is 11.2. The third-order valence-corrected chi connectivity index (χ3v) is 2.97. The lowest BCUT2D eigenvalue weighted by Gasteiger charge is -2.10. The first kappa shape index (κ1) is 14.2. The lowest BCUT2D eigenvalue weighted by molar-refractivity contribution is -0.122. The van der Waals surface area contributed by atoms with Crippen molar-refractivity contribution in [1.29, 1.82) is 0 Å². The van der Waals surface area contributed by atoms with Crippen molar-refractivity contribution in [3.8, 4) is 0 Å². The summed E-state index contributed by atoms with van der Waals surface area (Å²) in [7, 11) is 1.76. The van der Waals surface area contributed by atoms with Gasteiger partial charge in [0.25, 0.3) is 0 Å². The van der Waals surface area contributed by atoms with E-state index in [1.807, 2.05) is 6.07 Å². The molecule has 0 saturated heterocycles. The fourth-order valence-corrected chi connectivity index (χ4v) is 1.88. The summed E-state index contributed by atoms with van der Waals surface area (Å²) < 4.78 is 14.6. The average molecular weight is 276 g/mol. The summed E-state index contributed by atoms with van der Waals surface area (Å²) in [5.41, 5.74) is 7.33. The van der Waals surface area contributed by atoms with Crippen molar-refractivity contribution < 1.29 is 9.18 Å². The van der Waals surface area contributed by atoms with Gasteiger partial charge in [-0.25, -0.2) is 4.39 Å². The van der Waals surface area contributed by atoms with E-state index in [4.69, 9.17) is 5.73 Å². The van der Waals surface area contributed by atoms with Gasteiger partial charge in [0.15, 0.2) is 0 Å². The lowest BCUT2D eigenvalue weighted by Crippen LogP contribution is -2.35. The van der Waals surface area contributed by atoms with Crippen LogP contribution in [0.1, 0.15) is 17.2 Å². The fourth-order valence-electron chi connectivity index (χ4n) is 1.88. The first-order chi connectivity index (χ1) is 9.56. The summed E-state index contributed by atoms with van der Waals surface area (Å²) in [5.74, 6) is -0.546. The number of halogens is 1. The number of hydrogen-bond acceptors (Lipinski definition) is 3. The Hall–Kier alpha value is -2.21. The predicted molar refractivity (Wildman–Crippen MR) is 73.3 cm³/mol. The Morgan fingerprint density at radius 3 is 3.00 bits per heavy atom. The molecule has 0 aliphatic rings. The summed E-state index contributed by atoms with van der Waals surface area (Å²) in [4.78, 5) is 11.9. The number of hydrogen-bond donors (Lipinski definition) is 2. The van der Waals surface area contributed by atoms with E-state index in [9.17, 15) is 9.18 Å². The smallest absolute Gasteiger partial charge is 0.241 e. The van der Waals surface area contributed by atoms with Gasteiger partial charge in [-0.3, -0.25) is 9.48 Å². The molecule has 0 aliphatic carbocycles. The largest absolute Gasteiger partial charge is 0.354 e. The van der Waals surface area contributed by atoms with E-state index < -0.39 is 6.04 Å². The molecular weight excluding hydrogens is 259 g/mol. The number of amides is 1. The molecule has 0 radical (unpaired) electrons. The van der Waals surface area contributed by atoms with Crippen molar-refractivity contribution in [3.05, 3.63) is 53.6 Å². The van der Waals surface area contributed by atoms with Crippen molar-refractivity contribution in [2.24, 2.45) is 12.8 Å².